The second-order valence-corrected chi connectivity index (χ2v) is 6.09. The van der Waals surface area contributed by atoms with E-state index in [1.165, 1.54) is 0 Å². The first-order chi connectivity index (χ1) is 12.8. The molecule has 4 aromatic heterocycles. The van der Waals surface area contributed by atoms with Gasteiger partial charge in [0.05, 0.1) is 36.2 Å². The van der Waals surface area contributed by atoms with Crippen molar-refractivity contribution >= 4 is 21.8 Å². The molecule has 5 aromatic rings. The summed E-state index contributed by atoms with van der Waals surface area (Å²) in [5.41, 5.74) is 5.88. The van der Waals surface area contributed by atoms with Gasteiger partial charge in [0, 0.05) is 28.7 Å². The fourth-order valence-corrected chi connectivity index (χ4v) is 3.19. The molecular weight excluding hydrogens is 326 g/mol. The highest BCUT2D eigenvalue weighted by Gasteiger charge is 2.12. The van der Waals surface area contributed by atoms with E-state index >= 15 is 0 Å². The highest BCUT2D eigenvalue weighted by atomic mass is 16.5. The topological polar surface area (TPSA) is 79.5 Å². The van der Waals surface area contributed by atoms with Gasteiger partial charge in [-0.15, -0.1) is 0 Å². The molecule has 1 aromatic carbocycles. The van der Waals surface area contributed by atoms with Gasteiger partial charge < -0.3 is 9.72 Å². The molecule has 0 amide bonds. The summed E-state index contributed by atoms with van der Waals surface area (Å²) in [6.07, 6.45) is 7.14. The monoisotopic (exact) mass is 341 g/mol. The maximum Gasteiger partial charge on any atom is 0.137 e. The van der Waals surface area contributed by atoms with Crippen molar-refractivity contribution in [3.05, 3.63) is 61.2 Å². The van der Waals surface area contributed by atoms with Gasteiger partial charge in [-0.1, -0.05) is 6.07 Å². The molecular formula is C20H15N5O. The van der Waals surface area contributed by atoms with Gasteiger partial charge in [0.1, 0.15) is 11.4 Å². The van der Waals surface area contributed by atoms with Crippen LogP contribution in [0.25, 0.3) is 44.3 Å². The normalized spacial score (nSPS) is 11.3. The zero-order valence-electron chi connectivity index (χ0n) is 14.0. The van der Waals surface area contributed by atoms with Gasteiger partial charge in [-0.05, 0) is 35.9 Å². The quantitative estimate of drug-likeness (QED) is 0.516. The van der Waals surface area contributed by atoms with Crippen molar-refractivity contribution in [1.82, 2.24) is 25.1 Å². The van der Waals surface area contributed by atoms with Crippen molar-refractivity contribution in [3.8, 4) is 28.3 Å². The van der Waals surface area contributed by atoms with Crippen LogP contribution in [0.4, 0.5) is 0 Å². The molecule has 2 N–H and O–H groups in total. The number of ether oxygens (including phenoxy) is 1. The van der Waals surface area contributed by atoms with Gasteiger partial charge in [0.2, 0.25) is 0 Å². The number of nitrogens with zero attached hydrogens (tertiary/aromatic N) is 3. The Balaban J connectivity index is 1.67. The molecule has 0 saturated carbocycles. The van der Waals surface area contributed by atoms with Crippen LogP contribution in [0.15, 0.2) is 61.2 Å². The van der Waals surface area contributed by atoms with Crippen LogP contribution in [0.3, 0.4) is 0 Å². The Hall–Kier alpha value is -3.67. The van der Waals surface area contributed by atoms with Crippen LogP contribution in [0, 0.1) is 0 Å². The molecule has 126 valence electrons. The zero-order chi connectivity index (χ0) is 17.5. The summed E-state index contributed by atoms with van der Waals surface area (Å²) < 4.78 is 5.28. The van der Waals surface area contributed by atoms with E-state index < -0.39 is 0 Å². The molecule has 0 unspecified atom stereocenters. The summed E-state index contributed by atoms with van der Waals surface area (Å²) >= 11 is 0. The first-order valence-electron chi connectivity index (χ1n) is 8.22. The van der Waals surface area contributed by atoms with E-state index in [0.29, 0.717) is 0 Å². The molecule has 6 heteroatoms. The van der Waals surface area contributed by atoms with E-state index in [-0.39, 0.29) is 0 Å². The largest absolute Gasteiger partial charge is 0.495 e. The van der Waals surface area contributed by atoms with Crippen molar-refractivity contribution in [2.24, 2.45) is 0 Å². The molecule has 5 rings (SSSR count). The number of aromatic nitrogens is 5. The standard InChI is InChI=1S/C20H15N5O/c1-26-15-6-14(9-22-10-15)12-2-3-17-16(7-12)20(25-24-17)18-8-13-4-5-21-11-19(13)23-18/h2-11,23H,1H3,(H,24,25). The zero-order valence-corrected chi connectivity index (χ0v) is 14.0. The van der Waals surface area contributed by atoms with Crippen molar-refractivity contribution in [2.45, 2.75) is 0 Å². The number of nitrogens with one attached hydrogen (secondary N) is 2. The number of fused-ring (bicyclic) bond motifs is 2. The number of pyridine rings is 2. The molecule has 0 fully saturated rings. The Morgan fingerprint density at radius 3 is 2.73 bits per heavy atom. The van der Waals surface area contributed by atoms with Crippen LogP contribution in [-0.4, -0.2) is 32.3 Å². The third-order valence-electron chi connectivity index (χ3n) is 4.52. The van der Waals surface area contributed by atoms with Crippen LogP contribution in [0.2, 0.25) is 0 Å². The van der Waals surface area contributed by atoms with Crippen molar-refractivity contribution in [1.29, 1.82) is 0 Å². The Bertz CT molecular complexity index is 1200. The molecule has 0 aliphatic heterocycles. The van der Waals surface area contributed by atoms with Gasteiger partial charge in [-0.25, -0.2) is 0 Å². The number of methoxy groups -OCH3 is 1. The minimum absolute atomic E-state index is 0.734. The van der Waals surface area contributed by atoms with Crippen molar-refractivity contribution in [2.75, 3.05) is 7.11 Å². The Morgan fingerprint density at radius 1 is 0.885 bits per heavy atom. The lowest BCUT2D eigenvalue weighted by atomic mass is 10.0. The summed E-state index contributed by atoms with van der Waals surface area (Å²) in [6.45, 7) is 0. The number of hydrogen-bond donors (Lipinski definition) is 2. The molecule has 0 saturated heterocycles. The average Bonchev–Trinajstić information content (AvgIpc) is 3.31. The number of benzene rings is 1. The average molecular weight is 341 g/mol. The Kier molecular flexibility index (Phi) is 3.21. The second-order valence-electron chi connectivity index (χ2n) is 6.09. The SMILES string of the molecule is COc1cncc(-c2ccc3[nH]nc(-c4cc5ccncc5[nH]4)c3c2)c1. The van der Waals surface area contributed by atoms with Crippen LogP contribution >= 0.6 is 0 Å². The first-order valence-corrected chi connectivity index (χ1v) is 8.22. The van der Waals surface area contributed by atoms with Crippen LogP contribution < -0.4 is 4.74 Å². The lowest BCUT2D eigenvalue weighted by Crippen LogP contribution is -1.86. The predicted octanol–water partition coefficient (Wildman–Crippen LogP) is 4.18. The Morgan fingerprint density at radius 2 is 1.85 bits per heavy atom. The van der Waals surface area contributed by atoms with Gasteiger partial charge >= 0.3 is 0 Å². The molecule has 4 heterocycles. The summed E-state index contributed by atoms with van der Waals surface area (Å²) in [7, 11) is 1.64. The maximum absolute atomic E-state index is 5.28. The highest BCUT2D eigenvalue weighted by molar-refractivity contribution is 5.97. The van der Waals surface area contributed by atoms with E-state index in [9.17, 15) is 0 Å². The number of H-pyrrole nitrogens is 2. The molecule has 0 aliphatic rings. The van der Waals surface area contributed by atoms with Gasteiger partial charge in [0.25, 0.3) is 0 Å². The lowest BCUT2D eigenvalue weighted by Gasteiger charge is -2.04. The smallest absolute Gasteiger partial charge is 0.137 e. The van der Waals surface area contributed by atoms with Gasteiger partial charge in [-0.3, -0.25) is 15.1 Å². The van der Waals surface area contributed by atoms with E-state index in [2.05, 4.69) is 43.3 Å². The number of hydrogen-bond acceptors (Lipinski definition) is 4. The molecule has 0 bridgehead atoms. The van der Waals surface area contributed by atoms with Crippen LogP contribution in [0.1, 0.15) is 0 Å². The molecule has 0 spiro atoms. The molecule has 0 aliphatic carbocycles. The minimum Gasteiger partial charge on any atom is -0.495 e. The molecule has 26 heavy (non-hydrogen) atoms. The Labute approximate surface area is 148 Å². The fourth-order valence-electron chi connectivity index (χ4n) is 3.19. The van der Waals surface area contributed by atoms with Crippen LogP contribution in [0.5, 0.6) is 5.75 Å². The molecule has 0 radical (unpaired) electrons. The maximum atomic E-state index is 5.28. The second kappa shape index (κ2) is 5.70. The van der Waals surface area contributed by atoms with E-state index in [1.54, 1.807) is 19.5 Å². The third kappa shape index (κ3) is 2.31. The third-order valence-corrected chi connectivity index (χ3v) is 4.52. The molecule has 6 nitrogen and oxygen atoms in total. The first kappa shape index (κ1) is 14.7. The minimum atomic E-state index is 0.734. The van der Waals surface area contributed by atoms with Gasteiger partial charge in [-0.2, -0.15) is 5.10 Å². The van der Waals surface area contributed by atoms with Gasteiger partial charge in [0.15, 0.2) is 0 Å². The lowest BCUT2D eigenvalue weighted by molar-refractivity contribution is 0.413. The number of rotatable bonds is 3. The predicted molar refractivity (Wildman–Crippen MR) is 101 cm³/mol. The highest BCUT2D eigenvalue weighted by Crippen LogP contribution is 2.32. The summed E-state index contributed by atoms with van der Waals surface area (Å²) in [4.78, 5) is 11.8. The summed E-state index contributed by atoms with van der Waals surface area (Å²) in [5.74, 6) is 0.734. The number of aromatic amines is 2. The van der Waals surface area contributed by atoms with E-state index in [4.69, 9.17) is 4.74 Å². The van der Waals surface area contributed by atoms with Crippen molar-refractivity contribution < 1.29 is 4.74 Å². The van der Waals surface area contributed by atoms with Crippen LogP contribution in [-0.2, 0) is 0 Å². The summed E-state index contributed by atoms with van der Waals surface area (Å²) in [6, 6.07) is 12.3. The fraction of sp³-hybridized carbons (Fsp3) is 0.0500. The van der Waals surface area contributed by atoms with E-state index in [1.807, 2.05) is 30.6 Å². The van der Waals surface area contributed by atoms with Crippen molar-refractivity contribution in [3.63, 3.8) is 0 Å². The molecule has 0 atom stereocenters. The summed E-state index contributed by atoms with van der Waals surface area (Å²) in [5, 5.41) is 9.78. The van der Waals surface area contributed by atoms with E-state index in [0.717, 1.165) is 50.1 Å².